The number of ether oxygens (including phenoxy) is 1. The summed E-state index contributed by atoms with van der Waals surface area (Å²) in [7, 11) is 1.57. The Hall–Kier alpha value is -2.82. The summed E-state index contributed by atoms with van der Waals surface area (Å²) in [6, 6.07) is 15.0. The van der Waals surface area contributed by atoms with E-state index in [9.17, 15) is 9.59 Å². The number of rotatable bonds is 8. The van der Waals surface area contributed by atoms with E-state index < -0.39 is 6.04 Å². The van der Waals surface area contributed by atoms with Crippen molar-refractivity contribution in [3.8, 4) is 5.75 Å². The van der Waals surface area contributed by atoms with Crippen LogP contribution in [0.4, 0.5) is 0 Å². The van der Waals surface area contributed by atoms with Crippen LogP contribution in [-0.4, -0.2) is 36.4 Å². The van der Waals surface area contributed by atoms with E-state index >= 15 is 0 Å². The van der Waals surface area contributed by atoms with Crippen molar-refractivity contribution < 1.29 is 14.3 Å². The van der Waals surface area contributed by atoms with Gasteiger partial charge < -0.3 is 15.0 Å². The molecule has 0 aliphatic heterocycles. The molecule has 5 nitrogen and oxygen atoms in total. The van der Waals surface area contributed by atoms with Gasteiger partial charge in [0.2, 0.25) is 5.91 Å². The van der Waals surface area contributed by atoms with Crippen molar-refractivity contribution in [1.29, 1.82) is 0 Å². The second-order valence-electron chi connectivity index (χ2n) is 7.25. The van der Waals surface area contributed by atoms with E-state index in [1.807, 2.05) is 55.5 Å². The first-order valence-electron chi connectivity index (χ1n) is 9.61. The van der Waals surface area contributed by atoms with E-state index in [0.717, 1.165) is 11.1 Å². The van der Waals surface area contributed by atoms with E-state index in [4.69, 9.17) is 4.74 Å². The number of likely N-dealkylation sites (N-methyl/N-ethyl adjacent to an activating group) is 1. The van der Waals surface area contributed by atoms with Gasteiger partial charge >= 0.3 is 0 Å². The monoisotopic (exact) mass is 382 g/mol. The topological polar surface area (TPSA) is 58.6 Å². The molecule has 28 heavy (non-hydrogen) atoms. The van der Waals surface area contributed by atoms with E-state index in [1.165, 1.54) is 5.56 Å². The lowest BCUT2D eigenvalue weighted by molar-refractivity contribution is -0.142. The fourth-order valence-electron chi connectivity index (χ4n) is 2.94. The van der Waals surface area contributed by atoms with Crippen LogP contribution in [0.5, 0.6) is 5.75 Å². The number of hydrogen-bond acceptors (Lipinski definition) is 3. The van der Waals surface area contributed by atoms with E-state index in [0.29, 0.717) is 18.2 Å². The number of benzene rings is 2. The van der Waals surface area contributed by atoms with Gasteiger partial charge in [0.05, 0.1) is 0 Å². The molecule has 0 unspecified atom stereocenters. The zero-order valence-corrected chi connectivity index (χ0v) is 17.4. The van der Waals surface area contributed by atoms with Crippen LogP contribution in [0.2, 0.25) is 0 Å². The van der Waals surface area contributed by atoms with Crippen molar-refractivity contribution in [3.63, 3.8) is 0 Å². The first kappa shape index (κ1) is 21.5. The van der Waals surface area contributed by atoms with Gasteiger partial charge in [-0.3, -0.25) is 9.59 Å². The molecule has 0 saturated carbocycles. The predicted octanol–water partition coefficient (Wildman–Crippen LogP) is 3.66. The van der Waals surface area contributed by atoms with E-state index in [2.05, 4.69) is 19.2 Å². The summed E-state index contributed by atoms with van der Waals surface area (Å²) in [6.45, 7) is 8.22. The lowest BCUT2D eigenvalue weighted by atomic mass is 10.0. The third-order valence-corrected chi connectivity index (χ3v) is 4.92. The Labute approximate surface area is 167 Å². The van der Waals surface area contributed by atoms with Crippen molar-refractivity contribution in [3.05, 3.63) is 65.2 Å². The summed E-state index contributed by atoms with van der Waals surface area (Å²) < 4.78 is 5.69. The highest BCUT2D eigenvalue weighted by Crippen LogP contribution is 2.19. The molecule has 1 atom stereocenters. The minimum Gasteiger partial charge on any atom is -0.484 e. The Morgan fingerprint density at radius 1 is 1.04 bits per heavy atom. The van der Waals surface area contributed by atoms with Crippen LogP contribution in [0, 0.1) is 6.92 Å². The first-order chi connectivity index (χ1) is 13.3. The Morgan fingerprint density at radius 2 is 1.68 bits per heavy atom. The second-order valence-corrected chi connectivity index (χ2v) is 7.25. The van der Waals surface area contributed by atoms with Crippen molar-refractivity contribution in [1.82, 2.24) is 10.2 Å². The summed E-state index contributed by atoms with van der Waals surface area (Å²) in [4.78, 5) is 26.6. The van der Waals surface area contributed by atoms with Crippen LogP contribution in [0.1, 0.15) is 43.4 Å². The Balaban J connectivity index is 2.11. The van der Waals surface area contributed by atoms with Gasteiger partial charge in [0.15, 0.2) is 6.61 Å². The molecule has 0 fully saturated rings. The molecule has 0 spiro atoms. The normalized spacial score (nSPS) is 11.8. The molecule has 1 N–H and O–H groups in total. The fourth-order valence-corrected chi connectivity index (χ4v) is 2.94. The number of amides is 2. The van der Waals surface area contributed by atoms with Gasteiger partial charge in [0.25, 0.3) is 5.91 Å². The van der Waals surface area contributed by atoms with Gasteiger partial charge in [0, 0.05) is 13.6 Å². The Kier molecular flexibility index (Phi) is 7.61. The average molecular weight is 383 g/mol. The maximum atomic E-state index is 12.9. The Morgan fingerprint density at radius 3 is 2.25 bits per heavy atom. The molecule has 0 heterocycles. The molecule has 0 saturated heterocycles. The lowest BCUT2D eigenvalue weighted by Gasteiger charge is -2.28. The summed E-state index contributed by atoms with van der Waals surface area (Å²) in [5.74, 6) is 0.644. The van der Waals surface area contributed by atoms with Gasteiger partial charge in [-0.1, -0.05) is 50.2 Å². The maximum absolute atomic E-state index is 12.9. The highest BCUT2D eigenvalue weighted by atomic mass is 16.5. The van der Waals surface area contributed by atoms with E-state index in [-0.39, 0.29) is 18.4 Å². The van der Waals surface area contributed by atoms with Crippen LogP contribution in [-0.2, 0) is 16.1 Å². The molecule has 2 amide bonds. The first-order valence-corrected chi connectivity index (χ1v) is 9.61. The molecule has 2 aromatic rings. The van der Waals surface area contributed by atoms with E-state index in [1.54, 1.807) is 18.9 Å². The molecule has 0 bridgehead atoms. The van der Waals surface area contributed by atoms with Crippen molar-refractivity contribution >= 4 is 11.8 Å². The van der Waals surface area contributed by atoms with Crippen molar-refractivity contribution in [2.24, 2.45) is 0 Å². The molecular weight excluding hydrogens is 352 g/mol. The van der Waals surface area contributed by atoms with Gasteiger partial charge in [-0.05, 0) is 48.6 Å². The highest BCUT2D eigenvalue weighted by molar-refractivity contribution is 5.87. The summed E-state index contributed by atoms with van der Waals surface area (Å²) >= 11 is 0. The molecule has 5 heteroatoms. The Bertz CT molecular complexity index is 800. The fraction of sp³-hybridized carbons (Fsp3) is 0.391. The van der Waals surface area contributed by atoms with Crippen molar-refractivity contribution in [2.75, 3.05) is 13.7 Å². The highest BCUT2D eigenvalue weighted by Gasteiger charge is 2.26. The van der Waals surface area contributed by atoms with Crippen LogP contribution < -0.4 is 10.1 Å². The van der Waals surface area contributed by atoms with Crippen LogP contribution in [0.3, 0.4) is 0 Å². The number of carbonyl (C=O) groups is 2. The van der Waals surface area contributed by atoms with Crippen LogP contribution in [0.15, 0.2) is 48.5 Å². The lowest BCUT2D eigenvalue weighted by Crippen LogP contribution is -2.48. The number of aryl methyl sites for hydroxylation is 1. The quantitative estimate of drug-likeness (QED) is 0.758. The maximum Gasteiger partial charge on any atom is 0.261 e. The summed E-state index contributed by atoms with van der Waals surface area (Å²) in [6.07, 6.45) is 0. The second kappa shape index (κ2) is 9.93. The van der Waals surface area contributed by atoms with Gasteiger partial charge in [0.1, 0.15) is 11.8 Å². The number of nitrogens with zero attached hydrogens (tertiary/aromatic N) is 1. The largest absolute Gasteiger partial charge is 0.484 e. The third kappa shape index (κ3) is 5.59. The molecule has 2 rings (SSSR count). The summed E-state index contributed by atoms with van der Waals surface area (Å²) in [5.41, 5.74) is 3.30. The zero-order valence-electron chi connectivity index (χ0n) is 17.4. The number of nitrogens with one attached hydrogen (secondary N) is 1. The SMILES string of the molecule is CNC(=O)[C@H](C)N(Cc1ccccc1C)C(=O)COc1ccc(C(C)C)cc1. The smallest absolute Gasteiger partial charge is 0.261 e. The number of hydrogen-bond donors (Lipinski definition) is 1. The molecule has 0 aliphatic carbocycles. The van der Waals surface area contributed by atoms with Gasteiger partial charge in [-0.2, -0.15) is 0 Å². The molecule has 0 aromatic heterocycles. The van der Waals surface area contributed by atoms with Gasteiger partial charge in [-0.25, -0.2) is 0 Å². The summed E-state index contributed by atoms with van der Waals surface area (Å²) in [5, 5.41) is 2.62. The standard InChI is InChI=1S/C23H30N2O3/c1-16(2)19-10-12-21(13-11-19)28-15-22(26)25(18(4)23(27)24-5)14-20-9-7-6-8-17(20)3/h6-13,16,18H,14-15H2,1-5H3,(H,24,27)/t18-/m0/s1. The number of carbonyl (C=O) groups excluding carboxylic acids is 2. The van der Waals surface area contributed by atoms with Crippen LogP contribution >= 0.6 is 0 Å². The van der Waals surface area contributed by atoms with Crippen LogP contribution in [0.25, 0.3) is 0 Å². The third-order valence-electron chi connectivity index (χ3n) is 4.92. The minimum absolute atomic E-state index is 0.117. The molecule has 0 radical (unpaired) electrons. The predicted molar refractivity (Wildman–Crippen MR) is 111 cm³/mol. The minimum atomic E-state index is -0.593. The molecule has 2 aromatic carbocycles. The molecular formula is C23H30N2O3. The average Bonchev–Trinajstić information content (AvgIpc) is 2.70. The van der Waals surface area contributed by atoms with Gasteiger partial charge in [-0.15, -0.1) is 0 Å². The van der Waals surface area contributed by atoms with Crippen molar-refractivity contribution in [2.45, 2.75) is 46.2 Å². The molecule has 0 aliphatic rings. The zero-order chi connectivity index (χ0) is 20.7. The molecule has 150 valence electrons.